The van der Waals surface area contributed by atoms with Crippen LogP contribution in [0.25, 0.3) is 22.6 Å². The van der Waals surface area contributed by atoms with Crippen molar-refractivity contribution in [1.29, 1.82) is 0 Å². The molecule has 0 saturated carbocycles. The molecule has 186 valence electrons. The Labute approximate surface area is 208 Å². The molecule has 2 amide bonds. The fourth-order valence-electron chi connectivity index (χ4n) is 4.49. The van der Waals surface area contributed by atoms with E-state index in [2.05, 4.69) is 15.5 Å². The molecule has 0 spiro atoms. The van der Waals surface area contributed by atoms with E-state index < -0.39 is 0 Å². The molecule has 1 saturated heterocycles. The third-order valence-electron chi connectivity index (χ3n) is 6.57. The molecule has 1 aliphatic rings. The fraction of sp³-hybridized carbons (Fsp3) is 0.333. The molecule has 0 bridgehead atoms. The molecule has 1 aliphatic heterocycles. The highest BCUT2D eigenvalue weighted by atomic mass is 16.5. The number of nitrogens with zero attached hydrogens (tertiary/aromatic N) is 3. The number of carbonyl (C=O) groups excluding carboxylic acids is 2. The maximum Gasteiger partial charge on any atom is 0.259 e. The molecule has 1 atom stereocenters. The van der Waals surface area contributed by atoms with E-state index >= 15 is 0 Å². The molecule has 1 aromatic carbocycles. The lowest BCUT2D eigenvalue weighted by Crippen LogP contribution is -2.42. The van der Waals surface area contributed by atoms with Crippen molar-refractivity contribution in [2.45, 2.75) is 39.7 Å². The van der Waals surface area contributed by atoms with Crippen molar-refractivity contribution in [3.8, 4) is 11.5 Å². The van der Waals surface area contributed by atoms with Gasteiger partial charge in [0, 0.05) is 18.8 Å². The molecule has 5 rings (SSSR count). The number of aryl methyl sites for hydroxylation is 2. The van der Waals surface area contributed by atoms with Crippen molar-refractivity contribution in [2.75, 3.05) is 25.0 Å². The number of nitrogens with one attached hydrogen (secondary N) is 1. The number of hydrogen-bond donors (Lipinski definition) is 1. The Hall–Kier alpha value is -3.98. The number of pyridine rings is 1. The quantitative estimate of drug-likeness (QED) is 0.402. The van der Waals surface area contributed by atoms with E-state index in [0.717, 1.165) is 29.7 Å². The zero-order valence-corrected chi connectivity index (χ0v) is 20.5. The first-order chi connectivity index (χ1) is 17.4. The van der Waals surface area contributed by atoms with E-state index in [-0.39, 0.29) is 30.2 Å². The molecule has 4 aromatic rings. The minimum Gasteiger partial charge on any atom is -0.463 e. The van der Waals surface area contributed by atoms with Crippen molar-refractivity contribution in [1.82, 2.24) is 15.0 Å². The van der Waals surface area contributed by atoms with Gasteiger partial charge >= 0.3 is 0 Å². The van der Waals surface area contributed by atoms with Crippen LogP contribution in [0.4, 0.5) is 5.69 Å². The van der Waals surface area contributed by atoms with Gasteiger partial charge in [-0.15, -0.1) is 0 Å². The van der Waals surface area contributed by atoms with Crippen LogP contribution in [0.1, 0.15) is 40.0 Å². The van der Waals surface area contributed by atoms with Crippen LogP contribution in [0.3, 0.4) is 0 Å². The van der Waals surface area contributed by atoms with Crippen LogP contribution in [-0.4, -0.2) is 52.7 Å². The number of fused-ring (bicyclic) bond motifs is 1. The van der Waals surface area contributed by atoms with Crippen LogP contribution >= 0.6 is 0 Å². The first-order valence-corrected chi connectivity index (χ1v) is 12.0. The van der Waals surface area contributed by atoms with Gasteiger partial charge in [-0.25, -0.2) is 4.98 Å². The van der Waals surface area contributed by atoms with Gasteiger partial charge in [0.25, 0.3) is 11.6 Å². The number of amides is 2. The Morgan fingerprint density at radius 3 is 2.78 bits per heavy atom. The summed E-state index contributed by atoms with van der Waals surface area (Å²) in [5.41, 5.74) is 4.37. The number of rotatable bonds is 7. The highest BCUT2D eigenvalue weighted by Gasteiger charge is 2.29. The van der Waals surface area contributed by atoms with Gasteiger partial charge in [0.05, 0.1) is 29.0 Å². The lowest BCUT2D eigenvalue weighted by atomic mass is 10.1. The van der Waals surface area contributed by atoms with Gasteiger partial charge in [-0.3, -0.25) is 9.59 Å². The Balaban J connectivity index is 1.48. The average Bonchev–Trinajstić information content (AvgIpc) is 3.64. The van der Waals surface area contributed by atoms with Gasteiger partial charge in [-0.05, 0) is 69.0 Å². The molecular weight excluding hydrogens is 460 g/mol. The summed E-state index contributed by atoms with van der Waals surface area (Å²) in [6.45, 7) is 6.52. The van der Waals surface area contributed by atoms with Crippen molar-refractivity contribution in [3.05, 3.63) is 65.0 Å². The van der Waals surface area contributed by atoms with Crippen LogP contribution in [0.15, 0.2) is 51.6 Å². The van der Waals surface area contributed by atoms with Gasteiger partial charge in [-0.1, -0.05) is 17.3 Å². The molecule has 36 heavy (non-hydrogen) atoms. The molecular formula is C27H28N4O5. The molecule has 0 aliphatic carbocycles. The first kappa shape index (κ1) is 23.7. The predicted octanol–water partition coefficient (Wildman–Crippen LogP) is 4.67. The summed E-state index contributed by atoms with van der Waals surface area (Å²) in [5, 5.41) is 7.49. The number of furan rings is 1. The Kier molecular flexibility index (Phi) is 6.56. The largest absolute Gasteiger partial charge is 0.463 e. The highest BCUT2D eigenvalue weighted by Crippen LogP contribution is 2.29. The van der Waals surface area contributed by atoms with E-state index in [1.807, 2.05) is 32.0 Å². The van der Waals surface area contributed by atoms with E-state index in [1.165, 1.54) is 11.2 Å². The second-order valence-corrected chi connectivity index (χ2v) is 9.10. The molecule has 4 heterocycles. The smallest absolute Gasteiger partial charge is 0.259 e. The number of aromatic nitrogens is 2. The van der Waals surface area contributed by atoms with Crippen LogP contribution in [0.2, 0.25) is 0 Å². The molecule has 1 fully saturated rings. The van der Waals surface area contributed by atoms with Crippen LogP contribution in [0.5, 0.6) is 0 Å². The molecule has 3 aromatic heterocycles. The molecule has 1 N–H and O–H groups in total. The summed E-state index contributed by atoms with van der Waals surface area (Å²) in [7, 11) is 0. The van der Waals surface area contributed by atoms with Crippen molar-refractivity contribution in [3.63, 3.8) is 0 Å². The third kappa shape index (κ3) is 4.74. The summed E-state index contributed by atoms with van der Waals surface area (Å²) in [6.07, 6.45) is 3.16. The normalized spacial score (nSPS) is 15.4. The number of hydrogen-bond acceptors (Lipinski definition) is 7. The van der Waals surface area contributed by atoms with Crippen molar-refractivity contribution >= 4 is 28.6 Å². The lowest BCUT2D eigenvalue weighted by Gasteiger charge is -2.25. The third-order valence-corrected chi connectivity index (χ3v) is 6.57. The van der Waals surface area contributed by atoms with Gasteiger partial charge < -0.3 is 23.9 Å². The highest BCUT2D eigenvalue weighted by molar-refractivity contribution is 6.08. The van der Waals surface area contributed by atoms with E-state index in [0.29, 0.717) is 41.2 Å². The summed E-state index contributed by atoms with van der Waals surface area (Å²) >= 11 is 0. The molecule has 9 heteroatoms. The summed E-state index contributed by atoms with van der Waals surface area (Å²) in [6, 6.07) is 10.9. The second kappa shape index (κ2) is 9.94. The van der Waals surface area contributed by atoms with Crippen LogP contribution < -0.4 is 5.32 Å². The Morgan fingerprint density at radius 1 is 1.17 bits per heavy atom. The van der Waals surface area contributed by atoms with Gasteiger partial charge in [0.15, 0.2) is 5.76 Å². The first-order valence-electron chi connectivity index (χ1n) is 12.0. The van der Waals surface area contributed by atoms with Crippen molar-refractivity contribution < 1.29 is 23.3 Å². The second-order valence-electron chi connectivity index (χ2n) is 9.10. The van der Waals surface area contributed by atoms with E-state index in [1.54, 1.807) is 25.1 Å². The monoisotopic (exact) mass is 488 g/mol. The number of ether oxygens (including phenoxy) is 1. The summed E-state index contributed by atoms with van der Waals surface area (Å²) < 4.78 is 16.7. The minimum atomic E-state index is -0.326. The number of carbonyl (C=O) groups is 2. The van der Waals surface area contributed by atoms with Crippen LogP contribution in [-0.2, 0) is 9.53 Å². The predicted molar refractivity (Wildman–Crippen MR) is 134 cm³/mol. The molecule has 0 radical (unpaired) electrons. The zero-order valence-electron chi connectivity index (χ0n) is 20.5. The maximum absolute atomic E-state index is 14.0. The van der Waals surface area contributed by atoms with Gasteiger partial charge in [-0.2, -0.15) is 0 Å². The summed E-state index contributed by atoms with van der Waals surface area (Å²) in [5.74, 6) is -0.111. The topological polar surface area (TPSA) is 111 Å². The van der Waals surface area contributed by atoms with Crippen molar-refractivity contribution in [2.24, 2.45) is 0 Å². The Morgan fingerprint density at radius 2 is 2.03 bits per heavy atom. The Bertz CT molecular complexity index is 1400. The fourth-order valence-corrected chi connectivity index (χ4v) is 4.49. The van der Waals surface area contributed by atoms with Crippen LogP contribution in [0, 0.1) is 20.8 Å². The van der Waals surface area contributed by atoms with Gasteiger partial charge in [0.2, 0.25) is 5.91 Å². The van der Waals surface area contributed by atoms with E-state index in [9.17, 15) is 9.59 Å². The zero-order chi connectivity index (χ0) is 25.2. The lowest BCUT2D eigenvalue weighted by molar-refractivity contribution is -0.117. The number of anilines is 1. The standard InChI is InChI=1S/C27H28N4O5/c1-16-7-4-9-21(17(16)2)28-24(32)15-31(14-19-8-5-11-34-19)27(33)20-13-22(23-10-6-12-35-23)29-26-25(20)18(3)30-36-26/h4,6-7,9-10,12-13,19H,5,8,11,14-15H2,1-3H3,(H,28,32). The van der Waals surface area contributed by atoms with Gasteiger partial charge in [0.1, 0.15) is 12.2 Å². The average molecular weight is 489 g/mol. The minimum absolute atomic E-state index is 0.129. The summed E-state index contributed by atoms with van der Waals surface area (Å²) in [4.78, 5) is 33.1. The SMILES string of the molecule is Cc1cccc(NC(=O)CN(CC2CCCO2)C(=O)c2cc(-c3ccco3)nc3onc(C)c23)c1C. The van der Waals surface area contributed by atoms with E-state index in [4.69, 9.17) is 13.7 Å². The molecule has 1 unspecified atom stereocenters. The number of benzene rings is 1. The molecule has 9 nitrogen and oxygen atoms in total. The maximum atomic E-state index is 14.0.